The summed E-state index contributed by atoms with van der Waals surface area (Å²) in [7, 11) is 1.64. The summed E-state index contributed by atoms with van der Waals surface area (Å²) in [5.41, 5.74) is 4.75. The number of nitrogens with one attached hydrogen (secondary N) is 1. The molecule has 0 saturated carbocycles. The molecule has 1 fully saturated rings. The van der Waals surface area contributed by atoms with E-state index in [1.165, 1.54) is 4.90 Å². The monoisotopic (exact) mass is 227 g/mol. The second kappa shape index (κ2) is 5.30. The van der Waals surface area contributed by atoms with Gasteiger partial charge in [-0.05, 0) is 25.8 Å². The Hall–Kier alpha value is -1.10. The Kier molecular flexibility index (Phi) is 4.29. The van der Waals surface area contributed by atoms with E-state index in [2.05, 4.69) is 5.32 Å². The van der Waals surface area contributed by atoms with Gasteiger partial charge in [0.1, 0.15) is 0 Å². The number of hydrogen-bond donors (Lipinski definition) is 2. The molecular formula is C11H21N3O2. The molecule has 0 aliphatic carbocycles. The van der Waals surface area contributed by atoms with Gasteiger partial charge >= 0.3 is 0 Å². The van der Waals surface area contributed by atoms with Gasteiger partial charge in [-0.25, -0.2) is 0 Å². The molecule has 1 saturated heterocycles. The van der Waals surface area contributed by atoms with Gasteiger partial charge in [0.15, 0.2) is 0 Å². The zero-order chi connectivity index (χ0) is 12.2. The molecule has 0 aromatic heterocycles. The van der Waals surface area contributed by atoms with E-state index < -0.39 is 5.91 Å². The first-order valence-electron chi connectivity index (χ1n) is 5.76. The fraction of sp³-hybridized carbons (Fsp3) is 0.818. The molecule has 1 heterocycles. The molecule has 0 bridgehead atoms. The Morgan fingerprint density at radius 1 is 1.50 bits per heavy atom. The van der Waals surface area contributed by atoms with E-state index in [0.29, 0.717) is 6.54 Å². The molecule has 1 unspecified atom stereocenters. The summed E-state index contributed by atoms with van der Waals surface area (Å²) in [6.45, 7) is 3.68. The minimum absolute atomic E-state index is 0.000579. The predicted molar refractivity (Wildman–Crippen MR) is 61.7 cm³/mol. The fourth-order valence-electron chi connectivity index (χ4n) is 2.31. The summed E-state index contributed by atoms with van der Waals surface area (Å²) >= 11 is 0. The Labute approximate surface area is 96.4 Å². The Morgan fingerprint density at radius 2 is 2.19 bits per heavy atom. The molecule has 0 aromatic rings. The molecule has 0 aromatic carbocycles. The number of nitrogens with two attached hydrogens (primary N) is 1. The number of nitrogens with zero attached hydrogens (tertiary/aromatic N) is 1. The van der Waals surface area contributed by atoms with Crippen molar-refractivity contribution in [3.63, 3.8) is 0 Å². The Morgan fingerprint density at radius 3 is 2.62 bits per heavy atom. The predicted octanol–water partition coefficient (Wildman–Crippen LogP) is -0.290. The molecule has 2 amide bonds. The molecule has 1 rings (SSSR count). The molecule has 0 spiro atoms. The van der Waals surface area contributed by atoms with Gasteiger partial charge in [-0.2, -0.15) is 0 Å². The van der Waals surface area contributed by atoms with Crippen LogP contribution in [0, 0.1) is 5.41 Å². The lowest BCUT2D eigenvalue weighted by atomic mass is 9.77. The Balaban J connectivity index is 2.71. The first-order valence-corrected chi connectivity index (χ1v) is 5.76. The first-order chi connectivity index (χ1) is 7.52. The van der Waals surface area contributed by atoms with Crippen LogP contribution in [0.1, 0.15) is 26.2 Å². The van der Waals surface area contributed by atoms with E-state index >= 15 is 0 Å². The SMILES string of the molecule is CCC1(C(=O)N(C)CC(N)=O)CCCNC1. The molecule has 3 N–H and O–H groups in total. The normalized spacial score (nSPS) is 25.1. The summed E-state index contributed by atoms with van der Waals surface area (Å²) < 4.78 is 0. The van der Waals surface area contributed by atoms with Crippen LogP contribution in [0.15, 0.2) is 0 Å². The lowest BCUT2D eigenvalue weighted by Gasteiger charge is -2.38. The molecule has 5 nitrogen and oxygen atoms in total. The Bertz CT molecular complexity index is 272. The van der Waals surface area contributed by atoms with Crippen molar-refractivity contribution < 1.29 is 9.59 Å². The van der Waals surface area contributed by atoms with E-state index in [1.54, 1.807) is 7.05 Å². The van der Waals surface area contributed by atoms with Crippen LogP contribution in [0.4, 0.5) is 0 Å². The number of carbonyl (C=O) groups excluding carboxylic acids is 2. The van der Waals surface area contributed by atoms with Crippen molar-refractivity contribution in [2.75, 3.05) is 26.7 Å². The van der Waals surface area contributed by atoms with Crippen LogP contribution in [0.2, 0.25) is 0 Å². The van der Waals surface area contributed by atoms with Crippen LogP contribution in [0.25, 0.3) is 0 Å². The molecule has 92 valence electrons. The zero-order valence-electron chi connectivity index (χ0n) is 10.1. The fourth-order valence-corrected chi connectivity index (χ4v) is 2.31. The highest BCUT2D eigenvalue weighted by atomic mass is 16.2. The maximum atomic E-state index is 12.3. The summed E-state index contributed by atoms with van der Waals surface area (Å²) in [6, 6.07) is 0. The minimum atomic E-state index is -0.467. The second-order valence-electron chi connectivity index (χ2n) is 4.54. The largest absolute Gasteiger partial charge is 0.368 e. The standard InChI is InChI=1S/C11H21N3O2/c1-3-11(5-4-6-13-8-11)10(16)14(2)7-9(12)15/h13H,3-8H2,1-2H3,(H2,12,15). The number of likely N-dealkylation sites (N-methyl/N-ethyl adjacent to an activating group) is 1. The van der Waals surface area contributed by atoms with Crippen molar-refractivity contribution in [3.8, 4) is 0 Å². The molecule has 5 heteroatoms. The maximum absolute atomic E-state index is 12.3. The summed E-state index contributed by atoms with van der Waals surface area (Å²) in [5.74, 6) is -0.438. The van der Waals surface area contributed by atoms with Crippen molar-refractivity contribution in [2.24, 2.45) is 11.1 Å². The first kappa shape index (κ1) is 13.0. The lowest BCUT2D eigenvalue weighted by molar-refractivity contribution is -0.144. The van der Waals surface area contributed by atoms with E-state index in [9.17, 15) is 9.59 Å². The molecule has 1 atom stereocenters. The molecule has 16 heavy (non-hydrogen) atoms. The molecular weight excluding hydrogens is 206 g/mol. The van der Waals surface area contributed by atoms with E-state index in [0.717, 1.165) is 25.8 Å². The molecule has 1 aliphatic rings. The van der Waals surface area contributed by atoms with Gasteiger partial charge in [0.05, 0.1) is 12.0 Å². The number of primary amides is 1. The topological polar surface area (TPSA) is 75.4 Å². The maximum Gasteiger partial charge on any atom is 0.237 e. The average molecular weight is 227 g/mol. The number of hydrogen-bond acceptors (Lipinski definition) is 3. The van der Waals surface area contributed by atoms with Crippen LogP contribution in [-0.2, 0) is 9.59 Å². The van der Waals surface area contributed by atoms with E-state index in [1.807, 2.05) is 6.92 Å². The third-order valence-electron chi connectivity index (χ3n) is 3.34. The third kappa shape index (κ3) is 2.72. The number of carbonyl (C=O) groups is 2. The highest BCUT2D eigenvalue weighted by Gasteiger charge is 2.39. The van der Waals surface area contributed by atoms with Gasteiger partial charge in [0.2, 0.25) is 11.8 Å². The van der Waals surface area contributed by atoms with Crippen molar-refractivity contribution in [1.82, 2.24) is 10.2 Å². The van der Waals surface area contributed by atoms with Crippen LogP contribution >= 0.6 is 0 Å². The molecule has 0 radical (unpaired) electrons. The van der Waals surface area contributed by atoms with Crippen LogP contribution in [0.5, 0.6) is 0 Å². The number of amides is 2. The minimum Gasteiger partial charge on any atom is -0.368 e. The second-order valence-corrected chi connectivity index (χ2v) is 4.54. The van der Waals surface area contributed by atoms with Gasteiger partial charge in [-0.15, -0.1) is 0 Å². The van der Waals surface area contributed by atoms with Gasteiger partial charge in [0.25, 0.3) is 0 Å². The average Bonchev–Trinajstić information content (AvgIpc) is 2.28. The lowest BCUT2D eigenvalue weighted by Crippen LogP contribution is -2.52. The summed E-state index contributed by atoms with van der Waals surface area (Å²) in [6.07, 6.45) is 2.68. The van der Waals surface area contributed by atoms with Crippen molar-refractivity contribution in [1.29, 1.82) is 0 Å². The van der Waals surface area contributed by atoms with Crippen molar-refractivity contribution in [2.45, 2.75) is 26.2 Å². The van der Waals surface area contributed by atoms with Crippen LogP contribution < -0.4 is 11.1 Å². The third-order valence-corrected chi connectivity index (χ3v) is 3.34. The smallest absolute Gasteiger partial charge is 0.237 e. The van der Waals surface area contributed by atoms with Crippen LogP contribution in [0.3, 0.4) is 0 Å². The number of piperidine rings is 1. The molecule has 1 aliphatic heterocycles. The van der Waals surface area contributed by atoms with Gasteiger partial charge < -0.3 is 16.0 Å². The highest BCUT2D eigenvalue weighted by molar-refractivity contribution is 5.87. The number of rotatable bonds is 4. The van der Waals surface area contributed by atoms with Gasteiger partial charge in [-0.1, -0.05) is 6.92 Å². The van der Waals surface area contributed by atoms with Crippen molar-refractivity contribution >= 4 is 11.8 Å². The van der Waals surface area contributed by atoms with Gasteiger partial charge in [-0.3, -0.25) is 9.59 Å². The quantitative estimate of drug-likeness (QED) is 0.693. The van der Waals surface area contributed by atoms with E-state index in [-0.39, 0.29) is 17.9 Å². The highest BCUT2D eigenvalue weighted by Crippen LogP contribution is 2.31. The summed E-state index contributed by atoms with van der Waals surface area (Å²) in [5, 5.41) is 3.25. The zero-order valence-corrected chi connectivity index (χ0v) is 10.1. The van der Waals surface area contributed by atoms with E-state index in [4.69, 9.17) is 5.73 Å². The van der Waals surface area contributed by atoms with Crippen molar-refractivity contribution in [3.05, 3.63) is 0 Å². The summed E-state index contributed by atoms with van der Waals surface area (Å²) in [4.78, 5) is 24.5. The van der Waals surface area contributed by atoms with Crippen LogP contribution in [-0.4, -0.2) is 43.4 Å². The van der Waals surface area contributed by atoms with Gasteiger partial charge in [0, 0.05) is 13.6 Å².